The van der Waals surface area contributed by atoms with E-state index >= 15 is 0 Å². The molecule has 0 aliphatic carbocycles. The molecule has 6 heteroatoms. The lowest BCUT2D eigenvalue weighted by atomic mass is 10.1. The third-order valence-electron chi connectivity index (χ3n) is 2.60. The van der Waals surface area contributed by atoms with Gasteiger partial charge in [0.25, 0.3) is 5.91 Å². The number of carbonyl (C=O) groups is 2. The molecule has 104 valence electrons. The van der Waals surface area contributed by atoms with Gasteiger partial charge in [-0.3, -0.25) is 9.59 Å². The van der Waals surface area contributed by atoms with E-state index < -0.39 is 5.97 Å². The summed E-state index contributed by atoms with van der Waals surface area (Å²) in [4.78, 5) is 24.3. The number of rotatable bonds is 6. The van der Waals surface area contributed by atoms with Gasteiger partial charge in [-0.05, 0) is 18.6 Å². The zero-order valence-corrected chi connectivity index (χ0v) is 11.0. The average Bonchev–Trinajstić information content (AvgIpc) is 2.36. The van der Waals surface area contributed by atoms with Crippen LogP contribution in [-0.2, 0) is 4.79 Å². The SMILES string of the molecule is CCCN(CC(=O)O)C(=O)c1ccc(OC)cc1N. The Kier molecular flexibility index (Phi) is 5.17. The maximum Gasteiger partial charge on any atom is 0.323 e. The molecular weight excluding hydrogens is 248 g/mol. The molecule has 0 saturated heterocycles. The first-order valence-corrected chi connectivity index (χ1v) is 5.94. The number of amides is 1. The second-order valence-corrected chi connectivity index (χ2v) is 4.07. The Bertz CT molecular complexity index is 474. The van der Waals surface area contributed by atoms with Crippen LogP contribution in [0.1, 0.15) is 23.7 Å². The van der Waals surface area contributed by atoms with Crippen LogP contribution in [0.5, 0.6) is 5.75 Å². The predicted molar refractivity (Wildman–Crippen MR) is 71.2 cm³/mol. The summed E-state index contributed by atoms with van der Waals surface area (Å²) in [5, 5.41) is 8.81. The molecule has 19 heavy (non-hydrogen) atoms. The quantitative estimate of drug-likeness (QED) is 0.755. The van der Waals surface area contributed by atoms with E-state index in [0.29, 0.717) is 18.7 Å². The monoisotopic (exact) mass is 266 g/mol. The number of carboxylic acid groups (broad SMARTS) is 1. The number of hydrogen-bond donors (Lipinski definition) is 2. The van der Waals surface area contributed by atoms with Gasteiger partial charge in [0.05, 0.1) is 12.7 Å². The Labute approximate surface area is 111 Å². The Morgan fingerprint density at radius 3 is 2.58 bits per heavy atom. The molecule has 1 aromatic rings. The summed E-state index contributed by atoms with van der Waals surface area (Å²) in [5.41, 5.74) is 6.35. The number of methoxy groups -OCH3 is 1. The largest absolute Gasteiger partial charge is 0.497 e. The first-order chi connectivity index (χ1) is 8.99. The molecule has 0 saturated carbocycles. The number of benzene rings is 1. The molecule has 1 aromatic carbocycles. The van der Waals surface area contributed by atoms with E-state index in [2.05, 4.69) is 0 Å². The molecule has 0 atom stereocenters. The summed E-state index contributed by atoms with van der Waals surface area (Å²) in [6, 6.07) is 4.70. The van der Waals surface area contributed by atoms with Crippen LogP contribution in [0.3, 0.4) is 0 Å². The molecule has 0 heterocycles. The van der Waals surface area contributed by atoms with Gasteiger partial charge in [0, 0.05) is 18.3 Å². The highest BCUT2D eigenvalue weighted by molar-refractivity contribution is 6.00. The van der Waals surface area contributed by atoms with Crippen LogP contribution in [0.2, 0.25) is 0 Å². The lowest BCUT2D eigenvalue weighted by Crippen LogP contribution is -2.36. The summed E-state index contributed by atoms with van der Waals surface area (Å²) in [5.74, 6) is -0.882. The minimum Gasteiger partial charge on any atom is -0.497 e. The molecule has 0 aliphatic heterocycles. The van der Waals surface area contributed by atoms with Crippen molar-refractivity contribution in [1.29, 1.82) is 0 Å². The number of carboxylic acids is 1. The summed E-state index contributed by atoms with van der Waals surface area (Å²) in [6.45, 7) is 1.91. The molecule has 0 spiro atoms. The van der Waals surface area contributed by atoms with Crippen molar-refractivity contribution in [3.8, 4) is 5.75 Å². The normalized spacial score (nSPS) is 10.0. The molecule has 0 unspecified atom stereocenters. The number of carbonyl (C=O) groups excluding carboxylic acids is 1. The molecule has 1 rings (SSSR count). The van der Waals surface area contributed by atoms with Gasteiger partial charge in [-0.1, -0.05) is 6.92 Å². The van der Waals surface area contributed by atoms with Gasteiger partial charge in [0.15, 0.2) is 0 Å². The van der Waals surface area contributed by atoms with Gasteiger partial charge in [0.2, 0.25) is 0 Å². The van der Waals surface area contributed by atoms with Crippen molar-refractivity contribution in [2.45, 2.75) is 13.3 Å². The van der Waals surface area contributed by atoms with Crippen molar-refractivity contribution in [3.63, 3.8) is 0 Å². The highest BCUT2D eigenvalue weighted by Crippen LogP contribution is 2.21. The fraction of sp³-hybridized carbons (Fsp3) is 0.385. The number of ether oxygens (including phenoxy) is 1. The van der Waals surface area contributed by atoms with Crippen molar-refractivity contribution in [1.82, 2.24) is 4.90 Å². The fourth-order valence-electron chi connectivity index (χ4n) is 1.72. The van der Waals surface area contributed by atoms with Crippen molar-refractivity contribution in [3.05, 3.63) is 23.8 Å². The van der Waals surface area contributed by atoms with E-state index in [9.17, 15) is 9.59 Å². The summed E-state index contributed by atoms with van der Waals surface area (Å²) in [6.07, 6.45) is 0.676. The molecule has 6 nitrogen and oxygen atoms in total. The fourth-order valence-corrected chi connectivity index (χ4v) is 1.72. The van der Waals surface area contributed by atoms with Gasteiger partial charge >= 0.3 is 5.97 Å². The standard InChI is InChI=1S/C13H18N2O4/c1-3-6-15(8-12(16)17)13(18)10-5-4-9(19-2)7-11(10)14/h4-5,7H,3,6,8,14H2,1-2H3,(H,16,17). The third-order valence-corrected chi connectivity index (χ3v) is 2.60. The van der Waals surface area contributed by atoms with E-state index in [1.54, 1.807) is 12.1 Å². The van der Waals surface area contributed by atoms with Gasteiger partial charge in [-0.25, -0.2) is 0 Å². The van der Waals surface area contributed by atoms with Gasteiger partial charge in [-0.2, -0.15) is 0 Å². The molecule has 0 bridgehead atoms. The lowest BCUT2D eigenvalue weighted by molar-refractivity contribution is -0.137. The Morgan fingerprint density at radius 1 is 1.42 bits per heavy atom. The maximum absolute atomic E-state index is 12.2. The maximum atomic E-state index is 12.2. The topological polar surface area (TPSA) is 92.9 Å². The first-order valence-electron chi connectivity index (χ1n) is 5.94. The summed E-state index contributed by atoms with van der Waals surface area (Å²) < 4.78 is 5.00. The molecule has 0 radical (unpaired) electrons. The number of nitrogens with two attached hydrogens (primary N) is 1. The second kappa shape index (κ2) is 6.63. The number of hydrogen-bond acceptors (Lipinski definition) is 4. The van der Waals surface area contributed by atoms with Crippen LogP contribution >= 0.6 is 0 Å². The first kappa shape index (κ1) is 14.8. The molecular formula is C13H18N2O4. The second-order valence-electron chi connectivity index (χ2n) is 4.07. The molecule has 0 aromatic heterocycles. The van der Waals surface area contributed by atoms with Crippen LogP contribution in [0.15, 0.2) is 18.2 Å². The van der Waals surface area contributed by atoms with Crippen molar-refractivity contribution in [2.24, 2.45) is 0 Å². The van der Waals surface area contributed by atoms with Crippen molar-refractivity contribution < 1.29 is 19.4 Å². The average molecular weight is 266 g/mol. The summed E-state index contributed by atoms with van der Waals surface area (Å²) in [7, 11) is 1.50. The van der Waals surface area contributed by atoms with Crippen molar-refractivity contribution in [2.75, 3.05) is 25.9 Å². The zero-order valence-electron chi connectivity index (χ0n) is 11.0. The number of nitrogens with zero attached hydrogens (tertiary/aromatic N) is 1. The van der Waals surface area contributed by atoms with Crippen LogP contribution in [0.25, 0.3) is 0 Å². The number of aliphatic carboxylic acids is 1. The van der Waals surface area contributed by atoms with Gasteiger partial charge in [0.1, 0.15) is 12.3 Å². The van der Waals surface area contributed by atoms with E-state index in [0.717, 1.165) is 0 Å². The van der Waals surface area contributed by atoms with E-state index in [1.807, 2.05) is 6.92 Å². The smallest absolute Gasteiger partial charge is 0.323 e. The molecule has 1 amide bonds. The van der Waals surface area contributed by atoms with E-state index in [1.165, 1.54) is 18.1 Å². The van der Waals surface area contributed by atoms with E-state index in [4.69, 9.17) is 15.6 Å². The molecule has 0 aliphatic rings. The van der Waals surface area contributed by atoms with Crippen LogP contribution in [0.4, 0.5) is 5.69 Å². The van der Waals surface area contributed by atoms with E-state index in [-0.39, 0.29) is 23.7 Å². The zero-order chi connectivity index (χ0) is 14.4. The number of anilines is 1. The van der Waals surface area contributed by atoms with Gasteiger partial charge in [-0.15, -0.1) is 0 Å². The third kappa shape index (κ3) is 3.87. The highest BCUT2D eigenvalue weighted by atomic mass is 16.5. The Hall–Kier alpha value is -2.24. The predicted octanol–water partition coefficient (Wildman–Crippen LogP) is 1.21. The van der Waals surface area contributed by atoms with Crippen molar-refractivity contribution >= 4 is 17.6 Å². The summed E-state index contributed by atoms with van der Waals surface area (Å²) >= 11 is 0. The van der Waals surface area contributed by atoms with Gasteiger partial charge < -0.3 is 20.5 Å². The minimum absolute atomic E-state index is 0.274. The van der Waals surface area contributed by atoms with Crippen LogP contribution in [0, 0.1) is 0 Å². The highest BCUT2D eigenvalue weighted by Gasteiger charge is 2.19. The minimum atomic E-state index is -1.05. The number of nitrogen functional groups attached to an aromatic ring is 1. The van der Waals surface area contributed by atoms with Crippen LogP contribution < -0.4 is 10.5 Å². The Balaban J connectivity index is 2.98. The van der Waals surface area contributed by atoms with Crippen LogP contribution in [-0.4, -0.2) is 42.1 Å². The molecule has 0 fully saturated rings. The molecule has 3 N–H and O–H groups in total. The lowest BCUT2D eigenvalue weighted by Gasteiger charge is -2.20. The Morgan fingerprint density at radius 2 is 2.11 bits per heavy atom.